The summed E-state index contributed by atoms with van der Waals surface area (Å²) in [4.78, 5) is 16.6. The number of aryl methyl sites for hydroxylation is 2. The lowest BCUT2D eigenvalue weighted by Gasteiger charge is -2.11. The monoisotopic (exact) mass is 396 g/mol. The Morgan fingerprint density at radius 3 is 2.75 bits per heavy atom. The molecule has 0 unspecified atom stereocenters. The smallest absolute Gasteiger partial charge is 0.225 e. The summed E-state index contributed by atoms with van der Waals surface area (Å²) in [5.41, 5.74) is 3.54. The third-order valence-electron chi connectivity index (χ3n) is 4.87. The van der Waals surface area contributed by atoms with E-state index in [9.17, 15) is 13.2 Å². The van der Waals surface area contributed by atoms with Crippen molar-refractivity contribution >= 4 is 21.4 Å². The molecule has 1 aliphatic carbocycles. The van der Waals surface area contributed by atoms with Gasteiger partial charge < -0.3 is 5.32 Å². The van der Waals surface area contributed by atoms with E-state index in [4.69, 9.17) is 0 Å². The average molecular weight is 396 g/mol. The lowest BCUT2D eigenvalue weighted by molar-refractivity contribution is -0.115. The summed E-state index contributed by atoms with van der Waals surface area (Å²) in [7, 11) is -3.51. The zero-order valence-electron chi connectivity index (χ0n) is 15.2. The van der Waals surface area contributed by atoms with Gasteiger partial charge in [-0.15, -0.1) is 0 Å². The summed E-state index contributed by atoms with van der Waals surface area (Å²) in [6.45, 7) is 0. The van der Waals surface area contributed by atoms with Crippen LogP contribution in [-0.2, 0) is 27.5 Å². The van der Waals surface area contributed by atoms with Crippen molar-refractivity contribution in [3.63, 3.8) is 0 Å². The molecular weight excluding hydrogens is 376 g/mol. The van der Waals surface area contributed by atoms with Crippen molar-refractivity contribution < 1.29 is 13.2 Å². The van der Waals surface area contributed by atoms with E-state index < -0.39 is 9.84 Å². The van der Waals surface area contributed by atoms with E-state index in [1.807, 2.05) is 12.1 Å². The Hall–Kier alpha value is -3.00. The maximum Gasteiger partial charge on any atom is 0.225 e. The second kappa shape index (κ2) is 7.55. The molecule has 0 saturated heterocycles. The fourth-order valence-electron chi connectivity index (χ4n) is 3.41. The number of carbonyl (C=O) groups excluding carboxylic acids is 1. The Morgan fingerprint density at radius 2 is 1.93 bits per heavy atom. The predicted octanol–water partition coefficient (Wildman–Crippen LogP) is 2.56. The van der Waals surface area contributed by atoms with Gasteiger partial charge in [-0.25, -0.2) is 18.1 Å². The van der Waals surface area contributed by atoms with Gasteiger partial charge in [0.25, 0.3) is 0 Å². The molecule has 0 bridgehead atoms. The summed E-state index contributed by atoms with van der Waals surface area (Å²) < 4.78 is 26.8. The summed E-state index contributed by atoms with van der Waals surface area (Å²) >= 11 is 0. The van der Waals surface area contributed by atoms with E-state index in [-0.39, 0.29) is 18.1 Å². The third kappa shape index (κ3) is 3.82. The first kappa shape index (κ1) is 18.4. The van der Waals surface area contributed by atoms with Crippen LogP contribution < -0.4 is 5.32 Å². The number of benzene rings is 2. The molecule has 1 aliphatic rings. The van der Waals surface area contributed by atoms with E-state index in [0.717, 1.165) is 24.8 Å². The van der Waals surface area contributed by atoms with E-state index in [1.54, 1.807) is 30.3 Å². The van der Waals surface area contributed by atoms with Gasteiger partial charge in [0, 0.05) is 6.42 Å². The van der Waals surface area contributed by atoms with Gasteiger partial charge in [0.05, 0.1) is 22.0 Å². The fraction of sp³-hybridized carbons (Fsp3) is 0.250. The molecule has 8 heteroatoms. The quantitative estimate of drug-likeness (QED) is 0.691. The maximum absolute atomic E-state index is 12.6. The highest BCUT2D eigenvalue weighted by Crippen LogP contribution is 2.25. The second-order valence-corrected chi connectivity index (χ2v) is 8.87. The van der Waals surface area contributed by atoms with Crippen LogP contribution in [0.2, 0.25) is 0 Å². The molecule has 7 nitrogen and oxygen atoms in total. The maximum atomic E-state index is 12.6. The number of fused-ring (bicyclic) bond motifs is 1. The normalized spacial score (nSPS) is 13.3. The lowest BCUT2D eigenvalue weighted by Crippen LogP contribution is -2.18. The van der Waals surface area contributed by atoms with Gasteiger partial charge in [-0.2, -0.15) is 5.10 Å². The molecule has 1 heterocycles. The number of hydrogen-bond donors (Lipinski definition) is 1. The SMILES string of the molecule is O=C(CCS(=O)(=O)c1ccc2c(c1)CCC2)Nc1ccccc1-n1cncn1. The number of aromatic nitrogens is 3. The van der Waals surface area contributed by atoms with Crippen molar-refractivity contribution in [1.29, 1.82) is 0 Å². The number of carbonyl (C=O) groups is 1. The number of sulfone groups is 1. The second-order valence-electron chi connectivity index (χ2n) is 6.76. The van der Waals surface area contributed by atoms with Gasteiger partial charge in [-0.05, 0) is 54.7 Å². The molecule has 2 aromatic carbocycles. The van der Waals surface area contributed by atoms with Gasteiger partial charge in [0.1, 0.15) is 12.7 Å². The molecule has 1 N–H and O–H groups in total. The number of nitrogens with zero attached hydrogens (tertiary/aromatic N) is 3. The number of nitrogens with one attached hydrogen (secondary N) is 1. The minimum absolute atomic E-state index is 0.120. The van der Waals surface area contributed by atoms with Crippen molar-refractivity contribution in [3.05, 3.63) is 66.2 Å². The summed E-state index contributed by atoms with van der Waals surface area (Å²) in [5.74, 6) is -0.597. The molecule has 1 aromatic heterocycles. The zero-order valence-corrected chi connectivity index (χ0v) is 16.0. The number of amides is 1. The molecule has 0 atom stereocenters. The van der Waals surface area contributed by atoms with Crippen LogP contribution in [0.25, 0.3) is 5.69 Å². The van der Waals surface area contributed by atoms with Crippen molar-refractivity contribution in [1.82, 2.24) is 14.8 Å². The van der Waals surface area contributed by atoms with E-state index >= 15 is 0 Å². The Morgan fingerprint density at radius 1 is 1.11 bits per heavy atom. The van der Waals surface area contributed by atoms with Gasteiger partial charge in [-0.1, -0.05) is 18.2 Å². The molecular formula is C20H20N4O3S. The van der Waals surface area contributed by atoms with Gasteiger partial charge in [0.2, 0.25) is 5.91 Å². The molecule has 28 heavy (non-hydrogen) atoms. The number of para-hydroxylation sites is 2. The molecule has 1 amide bonds. The topological polar surface area (TPSA) is 94.0 Å². The average Bonchev–Trinajstić information content (AvgIpc) is 3.38. The number of anilines is 1. The van der Waals surface area contributed by atoms with Crippen LogP contribution in [-0.4, -0.2) is 34.8 Å². The van der Waals surface area contributed by atoms with Crippen LogP contribution in [0.15, 0.2) is 60.0 Å². The Bertz CT molecular complexity index is 1110. The van der Waals surface area contributed by atoms with Crippen LogP contribution >= 0.6 is 0 Å². The highest BCUT2D eigenvalue weighted by atomic mass is 32.2. The molecule has 144 valence electrons. The van der Waals surface area contributed by atoms with Crippen LogP contribution in [0.1, 0.15) is 24.0 Å². The summed E-state index contributed by atoms with van der Waals surface area (Å²) in [6.07, 6.45) is 5.80. The molecule has 0 radical (unpaired) electrons. The first-order valence-corrected chi connectivity index (χ1v) is 10.8. The van der Waals surface area contributed by atoms with Crippen LogP contribution in [0, 0.1) is 0 Å². The van der Waals surface area contributed by atoms with Crippen molar-refractivity contribution in [2.24, 2.45) is 0 Å². The first-order valence-electron chi connectivity index (χ1n) is 9.11. The number of hydrogen-bond acceptors (Lipinski definition) is 5. The first-order chi connectivity index (χ1) is 13.5. The zero-order chi connectivity index (χ0) is 19.6. The van der Waals surface area contributed by atoms with Gasteiger partial charge in [-0.3, -0.25) is 4.79 Å². The van der Waals surface area contributed by atoms with Crippen LogP contribution in [0.5, 0.6) is 0 Å². The minimum Gasteiger partial charge on any atom is -0.324 e. The summed E-state index contributed by atoms with van der Waals surface area (Å²) in [6, 6.07) is 12.5. The molecule has 0 aliphatic heterocycles. The molecule has 0 spiro atoms. The molecule has 0 fully saturated rings. The van der Waals surface area contributed by atoms with Crippen LogP contribution in [0.3, 0.4) is 0 Å². The van der Waals surface area contributed by atoms with Crippen molar-refractivity contribution in [3.8, 4) is 5.69 Å². The van der Waals surface area contributed by atoms with E-state index in [1.165, 1.54) is 22.9 Å². The lowest BCUT2D eigenvalue weighted by atomic mass is 10.1. The van der Waals surface area contributed by atoms with Crippen molar-refractivity contribution in [2.45, 2.75) is 30.6 Å². The standard InChI is InChI=1S/C20H20N4O3S/c25-20(23-18-6-1-2-7-19(18)24-14-21-13-22-24)10-11-28(26,27)17-9-8-15-4-3-5-16(15)12-17/h1-2,6-9,12-14H,3-5,10-11H2,(H,23,25). The van der Waals surface area contributed by atoms with Crippen molar-refractivity contribution in [2.75, 3.05) is 11.1 Å². The Balaban J connectivity index is 1.44. The highest BCUT2D eigenvalue weighted by Gasteiger charge is 2.20. The van der Waals surface area contributed by atoms with Gasteiger partial charge >= 0.3 is 0 Å². The Kier molecular flexibility index (Phi) is 4.95. The predicted molar refractivity (Wildman–Crippen MR) is 105 cm³/mol. The molecule has 4 rings (SSSR count). The van der Waals surface area contributed by atoms with E-state index in [2.05, 4.69) is 15.4 Å². The molecule has 0 saturated carbocycles. The Labute approximate surface area is 163 Å². The fourth-order valence-corrected chi connectivity index (χ4v) is 4.70. The minimum atomic E-state index is -3.51. The number of rotatable bonds is 6. The van der Waals surface area contributed by atoms with Gasteiger partial charge in [0.15, 0.2) is 9.84 Å². The highest BCUT2D eigenvalue weighted by molar-refractivity contribution is 7.91. The molecule has 3 aromatic rings. The van der Waals surface area contributed by atoms with E-state index in [0.29, 0.717) is 16.3 Å². The van der Waals surface area contributed by atoms with Crippen LogP contribution in [0.4, 0.5) is 5.69 Å². The third-order valence-corrected chi connectivity index (χ3v) is 6.58. The summed E-state index contributed by atoms with van der Waals surface area (Å²) in [5, 5.41) is 6.84. The largest absolute Gasteiger partial charge is 0.324 e.